The van der Waals surface area contributed by atoms with Gasteiger partial charge in [-0.25, -0.2) is 0 Å². The Balaban J connectivity index is 2.35. The van der Waals surface area contributed by atoms with E-state index in [1.54, 1.807) is 0 Å². The van der Waals surface area contributed by atoms with E-state index in [4.69, 9.17) is 4.74 Å². The molecule has 1 aliphatic carbocycles. The standard InChI is InChI=1S/C16H32N2O2/c1-4-11-17-15(16(19)20-6-3)10-12-18(5-2)13-14-8-7-9-14/h14-15,17H,4-13H2,1-3H3. The van der Waals surface area contributed by atoms with Crippen LogP contribution >= 0.6 is 0 Å². The number of carbonyl (C=O) groups excluding carboxylic acids is 1. The summed E-state index contributed by atoms with van der Waals surface area (Å²) in [5, 5.41) is 3.31. The Bertz CT molecular complexity index is 267. The van der Waals surface area contributed by atoms with E-state index in [0.717, 1.165) is 38.4 Å². The minimum atomic E-state index is -0.148. The van der Waals surface area contributed by atoms with Crippen LogP contribution in [0.2, 0.25) is 0 Å². The largest absolute Gasteiger partial charge is 0.465 e. The number of rotatable bonds is 11. The minimum Gasteiger partial charge on any atom is -0.465 e. The van der Waals surface area contributed by atoms with E-state index in [0.29, 0.717) is 6.61 Å². The Morgan fingerprint density at radius 2 is 2.10 bits per heavy atom. The molecular formula is C16H32N2O2. The summed E-state index contributed by atoms with van der Waals surface area (Å²) >= 11 is 0. The van der Waals surface area contributed by atoms with E-state index in [1.165, 1.54) is 25.8 Å². The molecule has 1 rings (SSSR count). The van der Waals surface area contributed by atoms with Gasteiger partial charge in [0.2, 0.25) is 0 Å². The van der Waals surface area contributed by atoms with E-state index < -0.39 is 0 Å². The van der Waals surface area contributed by atoms with Crippen LogP contribution in [0.25, 0.3) is 0 Å². The van der Waals surface area contributed by atoms with Crippen molar-refractivity contribution >= 4 is 5.97 Å². The predicted octanol–water partition coefficient (Wildman–Crippen LogP) is 2.43. The first-order valence-electron chi connectivity index (χ1n) is 8.33. The van der Waals surface area contributed by atoms with E-state index in [1.807, 2.05) is 6.92 Å². The van der Waals surface area contributed by atoms with Crippen LogP contribution in [0.3, 0.4) is 0 Å². The molecule has 0 aromatic heterocycles. The van der Waals surface area contributed by atoms with Crippen molar-refractivity contribution < 1.29 is 9.53 Å². The second-order valence-electron chi connectivity index (χ2n) is 5.74. The summed E-state index contributed by atoms with van der Waals surface area (Å²) in [5.41, 5.74) is 0. The minimum absolute atomic E-state index is 0.0966. The molecule has 0 aromatic rings. The van der Waals surface area contributed by atoms with Crippen LogP contribution in [0.15, 0.2) is 0 Å². The second kappa shape index (κ2) is 10.2. The van der Waals surface area contributed by atoms with Crippen molar-refractivity contribution in [2.45, 2.75) is 58.9 Å². The lowest BCUT2D eigenvalue weighted by atomic mass is 9.85. The van der Waals surface area contributed by atoms with Crippen LogP contribution < -0.4 is 5.32 Å². The van der Waals surface area contributed by atoms with Crippen LogP contribution in [0, 0.1) is 5.92 Å². The molecule has 20 heavy (non-hydrogen) atoms. The zero-order chi connectivity index (χ0) is 14.8. The van der Waals surface area contributed by atoms with Crippen LogP contribution in [0.1, 0.15) is 52.9 Å². The first-order valence-corrected chi connectivity index (χ1v) is 8.33. The highest BCUT2D eigenvalue weighted by Crippen LogP contribution is 2.27. The molecule has 0 aromatic carbocycles. The zero-order valence-corrected chi connectivity index (χ0v) is 13.5. The number of nitrogens with one attached hydrogen (secondary N) is 1. The summed E-state index contributed by atoms with van der Waals surface area (Å²) in [5.74, 6) is 0.792. The van der Waals surface area contributed by atoms with Gasteiger partial charge in [0.15, 0.2) is 0 Å². The first kappa shape index (κ1) is 17.4. The summed E-state index contributed by atoms with van der Waals surface area (Å²) in [4.78, 5) is 14.4. The summed E-state index contributed by atoms with van der Waals surface area (Å²) in [7, 11) is 0. The van der Waals surface area contributed by atoms with Crippen molar-refractivity contribution in [1.82, 2.24) is 10.2 Å². The zero-order valence-electron chi connectivity index (χ0n) is 13.5. The maximum atomic E-state index is 11.9. The molecule has 0 aliphatic heterocycles. The molecule has 0 amide bonds. The Labute approximate surface area is 124 Å². The summed E-state index contributed by atoms with van der Waals surface area (Å²) < 4.78 is 5.16. The highest BCUT2D eigenvalue weighted by atomic mass is 16.5. The van der Waals surface area contributed by atoms with E-state index in [9.17, 15) is 4.79 Å². The number of hydrogen-bond donors (Lipinski definition) is 1. The Morgan fingerprint density at radius 1 is 1.35 bits per heavy atom. The Kier molecular flexibility index (Phi) is 8.86. The topological polar surface area (TPSA) is 41.6 Å². The fraction of sp³-hybridized carbons (Fsp3) is 0.938. The van der Waals surface area contributed by atoms with E-state index in [2.05, 4.69) is 24.1 Å². The summed E-state index contributed by atoms with van der Waals surface area (Å²) in [6, 6.07) is -0.148. The maximum absolute atomic E-state index is 11.9. The molecule has 0 spiro atoms. The van der Waals surface area contributed by atoms with Crippen molar-refractivity contribution in [3.8, 4) is 0 Å². The van der Waals surface area contributed by atoms with Gasteiger partial charge in [-0.15, -0.1) is 0 Å². The van der Waals surface area contributed by atoms with Crippen LogP contribution in [0.5, 0.6) is 0 Å². The number of ether oxygens (including phenoxy) is 1. The highest BCUT2D eigenvalue weighted by molar-refractivity contribution is 5.75. The number of carbonyl (C=O) groups is 1. The molecule has 4 heteroatoms. The quantitative estimate of drug-likeness (QED) is 0.592. The molecule has 1 N–H and O–H groups in total. The highest BCUT2D eigenvalue weighted by Gasteiger charge is 2.23. The average Bonchev–Trinajstić information content (AvgIpc) is 2.40. The molecule has 1 saturated carbocycles. The monoisotopic (exact) mass is 284 g/mol. The first-order chi connectivity index (χ1) is 9.71. The van der Waals surface area contributed by atoms with E-state index in [-0.39, 0.29) is 12.0 Å². The number of esters is 1. The van der Waals surface area contributed by atoms with Gasteiger partial charge in [0.05, 0.1) is 6.61 Å². The fourth-order valence-electron chi connectivity index (χ4n) is 2.60. The predicted molar refractivity (Wildman–Crippen MR) is 82.8 cm³/mol. The van der Waals surface area contributed by atoms with Crippen LogP contribution in [-0.4, -0.2) is 49.7 Å². The number of nitrogens with zero attached hydrogens (tertiary/aromatic N) is 1. The number of hydrogen-bond acceptors (Lipinski definition) is 4. The molecule has 0 heterocycles. The Morgan fingerprint density at radius 3 is 2.60 bits per heavy atom. The smallest absolute Gasteiger partial charge is 0.323 e. The van der Waals surface area contributed by atoms with Gasteiger partial charge in [0, 0.05) is 13.1 Å². The van der Waals surface area contributed by atoms with Crippen molar-refractivity contribution in [3.63, 3.8) is 0 Å². The molecule has 1 aliphatic rings. The van der Waals surface area contributed by atoms with Gasteiger partial charge >= 0.3 is 5.97 Å². The van der Waals surface area contributed by atoms with Gasteiger partial charge in [-0.1, -0.05) is 20.3 Å². The maximum Gasteiger partial charge on any atom is 0.323 e. The third-order valence-electron chi connectivity index (χ3n) is 4.13. The lowest BCUT2D eigenvalue weighted by molar-refractivity contribution is -0.145. The van der Waals surface area contributed by atoms with Crippen molar-refractivity contribution in [2.75, 3.05) is 32.8 Å². The lowest BCUT2D eigenvalue weighted by Crippen LogP contribution is -2.42. The average molecular weight is 284 g/mol. The van der Waals surface area contributed by atoms with Gasteiger partial charge in [-0.3, -0.25) is 4.79 Å². The molecular weight excluding hydrogens is 252 g/mol. The van der Waals surface area contributed by atoms with Gasteiger partial charge in [-0.2, -0.15) is 0 Å². The molecule has 0 radical (unpaired) electrons. The van der Waals surface area contributed by atoms with Gasteiger partial charge in [0.1, 0.15) is 6.04 Å². The summed E-state index contributed by atoms with van der Waals surface area (Å²) in [6.45, 7) is 10.8. The molecule has 4 nitrogen and oxygen atoms in total. The normalized spacial score (nSPS) is 17.0. The second-order valence-corrected chi connectivity index (χ2v) is 5.74. The molecule has 1 atom stereocenters. The van der Waals surface area contributed by atoms with Crippen molar-refractivity contribution in [2.24, 2.45) is 5.92 Å². The van der Waals surface area contributed by atoms with E-state index >= 15 is 0 Å². The molecule has 0 saturated heterocycles. The van der Waals surface area contributed by atoms with Crippen LogP contribution in [0.4, 0.5) is 0 Å². The molecule has 1 unspecified atom stereocenters. The lowest BCUT2D eigenvalue weighted by Gasteiger charge is -2.32. The van der Waals surface area contributed by atoms with Gasteiger partial charge in [0.25, 0.3) is 0 Å². The van der Waals surface area contributed by atoms with Gasteiger partial charge < -0.3 is 15.0 Å². The summed E-state index contributed by atoms with van der Waals surface area (Å²) in [6.07, 6.45) is 6.04. The van der Waals surface area contributed by atoms with Crippen molar-refractivity contribution in [3.05, 3.63) is 0 Å². The fourth-order valence-corrected chi connectivity index (χ4v) is 2.60. The SMILES string of the molecule is CCCNC(CCN(CC)CC1CCC1)C(=O)OCC. The van der Waals surface area contributed by atoms with Crippen LogP contribution in [-0.2, 0) is 9.53 Å². The third-order valence-corrected chi connectivity index (χ3v) is 4.13. The molecule has 118 valence electrons. The van der Waals surface area contributed by atoms with Crippen molar-refractivity contribution in [1.29, 1.82) is 0 Å². The molecule has 1 fully saturated rings. The molecule has 0 bridgehead atoms. The third kappa shape index (κ3) is 6.23. The van der Waals surface area contributed by atoms with Gasteiger partial charge in [-0.05, 0) is 51.6 Å². The Hall–Kier alpha value is -0.610.